The predicted molar refractivity (Wildman–Crippen MR) is 106 cm³/mol. The molecule has 1 unspecified atom stereocenters. The van der Waals surface area contributed by atoms with E-state index in [1.807, 2.05) is 0 Å². The lowest BCUT2D eigenvalue weighted by atomic mass is 10.0. The van der Waals surface area contributed by atoms with Crippen molar-refractivity contribution < 1.29 is 30.4 Å². The van der Waals surface area contributed by atoms with Crippen molar-refractivity contribution in [3.8, 4) is 11.1 Å². The van der Waals surface area contributed by atoms with Crippen LogP contribution in [-0.2, 0) is 27.5 Å². The van der Waals surface area contributed by atoms with Crippen molar-refractivity contribution >= 4 is 32.7 Å². The number of anilines is 2. The minimum absolute atomic E-state index is 0.0225. The van der Waals surface area contributed by atoms with Crippen molar-refractivity contribution in [2.45, 2.75) is 11.1 Å². The number of nitrogens with zero attached hydrogens (tertiary/aromatic N) is 1. The van der Waals surface area contributed by atoms with Crippen LogP contribution in [0.3, 0.4) is 0 Å². The lowest BCUT2D eigenvalue weighted by Crippen LogP contribution is -2.23. The Morgan fingerprint density at radius 3 is 2.10 bits per heavy atom. The number of nitrogens with two attached hydrogens (primary N) is 1. The van der Waals surface area contributed by atoms with E-state index in [-0.39, 0.29) is 16.9 Å². The highest BCUT2D eigenvalue weighted by molar-refractivity contribution is 7.89. The average molecular weight is 455 g/mol. The molecule has 3 aromatic rings. The topological polar surface area (TPSA) is 104 Å². The molecule has 0 amide bonds. The van der Waals surface area contributed by atoms with E-state index in [0.29, 0.717) is 9.87 Å². The quantitative estimate of drug-likeness (QED) is 0.588. The zero-order valence-electron chi connectivity index (χ0n) is 15.0. The average Bonchev–Trinajstić information content (AvgIpc) is 2.67. The fourth-order valence-corrected chi connectivity index (χ4v) is 4.24. The van der Waals surface area contributed by atoms with Crippen molar-refractivity contribution in [3.05, 3.63) is 78.4 Å². The molecule has 3 rings (SSSR count). The smallest absolute Gasteiger partial charge is 0.416 e. The maximum Gasteiger partial charge on any atom is 0.416 e. The fourth-order valence-electron chi connectivity index (χ4n) is 2.86. The second-order valence-corrected chi connectivity index (χ2v) is 8.48. The van der Waals surface area contributed by atoms with Crippen molar-refractivity contribution in [3.63, 3.8) is 0 Å². The van der Waals surface area contributed by atoms with Crippen LogP contribution in [0.15, 0.2) is 77.7 Å². The predicted octanol–water partition coefficient (Wildman–Crippen LogP) is 3.95. The van der Waals surface area contributed by atoms with Gasteiger partial charge in [-0.15, -0.1) is 0 Å². The molecule has 0 spiro atoms. The first-order valence-corrected chi connectivity index (χ1v) is 10.9. The van der Waals surface area contributed by atoms with Gasteiger partial charge in [-0.1, -0.05) is 36.4 Å². The largest absolute Gasteiger partial charge is 0.755 e. The summed E-state index contributed by atoms with van der Waals surface area (Å²) in [4.78, 5) is -0.418. The summed E-state index contributed by atoms with van der Waals surface area (Å²) in [6, 6.07) is 15.5. The highest BCUT2D eigenvalue weighted by atomic mass is 32.2. The lowest BCUT2D eigenvalue weighted by molar-refractivity contribution is -0.137. The van der Waals surface area contributed by atoms with Gasteiger partial charge in [-0.05, 0) is 47.5 Å². The van der Waals surface area contributed by atoms with Gasteiger partial charge in [-0.3, -0.25) is 8.51 Å². The highest BCUT2D eigenvalue weighted by Gasteiger charge is 2.30. The maximum atomic E-state index is 13.0. The molecule has 0 radical (unpaired) electrons. The molecule has 1 atom stereocenters. The summed E-state index contributed by atoms with van der Waals surface area (Å²) in [6.45, 7) is 0. The first-order valence-electron chi connectivity index (χ1n) is 8.27. The van der Waals surface area contributed by atoms with E-state index in [1.165, 1.54) is 54.6 Å². The Balaban J connectivity index is 2.14. The molecular weight excluding hydrogens is 441 g/mol. The van der Waals surface area contributed by atoms with Gasteiger partial charge in [0.1, 0.15) is 4.90 Å². The van der Waals surface area contributed by atoms with E-state index in [0.717, 1.165) is 18.2 Å². The Morgan fingerprint density at radius 2 is 1.50 bits per heavy atom. The van der Waals surface area contributed by atoms with Gasteiger partial charge in [-0.25, -0.2) is 13.6 Å². The van der Waals surface area contributed by atoms with E-state index >= 15 is 0 Å². The van der Waals surface area contributed by atoms with E-state index in [4.69, 9.17) is 5.14 Å². The standard InChI is InChI=1S/C19H15F3N2O4S2/c20-19(21,22)15-7-3-5-13(11-15)14-6-4-8-16(12-14)24(29(25)26)17-9-1-2-10-18(17)30(23,27)28/h1-12H,(H,25,26)(H2,23,27,28)/p-1. The number of benzene rings is 3. The molecule has 6 nitrogen and oxygen atoms in total. The van der Waals surface area contributed by atoms with E-state index in [9.17, 15) is 30.4 Å². The van der Waals surface area contributed by atoms with Crippen LogP contribution in [0.1, 0.15) is 5.56 Å². The Labute approximate surface area is 173 Å². The third kappa shape index (κ3) is 4.70. The molecule has 0 aromatic heterocycles. The van der Waals surface area contributed by atoms with Gasteiger partial charge >= 0.3 is 6.18 Å². The van der Waals surface area contributed by atoms with Gasteiger partial charge in [0.25, 0.3) is 0 Å². The van der Waals surface area contributed by atoms with Crippen LogP contribution in [0.4, 0.5) is 24.5 Å². The summed E-state index contributed by atoms with van der Waals surface area (Å²) in [6.07, 6.45) is -4.54. The Kier molecular flexibility index (Phi) is 5.99. The Morgan fingerprint density at radius 1 is 0.900 bits per heavy atom. The van der Waals surface area contributed by atoms with Crippen LogP contribution in [0.2, 0.25) is 0 Å². The summed E-state index contributed by atoms with van der Waals surface area (Å²) in [7, 11) is -4.24. The summed E-state index contributed by atoms with van der Waals surface area (Å²) in [5, 5.41) is 5.19. The summed E-state index contributed by atoms with van der Waals surface area (Å²) in [5.41, 5.74) is -0.525. The first kappa shape index (κ1) is 22.0. The molecule has 2 N–H and O–H groups in total. The summed E-state index contributed by atoms with van der Waals surface area (Å²) >= 11 is -2.95. The maximum absolute atomic E-state index is 13.0. The van der Waals surface area contributed by atoms with Crippen molar-refractivity contribution in [2.24, 2.45) is 5.14 Å². The number of primary sulfonamides is 1. The van der Waals surface area contributed by atoms with Gasteiger partial charge in [0, 0.05) is 0 Å². The molecule has 0 aliphatic heterocycles. The van der Waals surface area contributed by atoms with Crippen LogP contribution < -0.4 is 9.44 Å². The van der Waals surface area contributed by atoms with Crippen LogP contribution in [0.5, 0.6) is 0 Å². The number of sulfonamides is 1. The minimum Gasteiger partial charge on any atom is -0.755 e. The number of halogens is 3. The molecule has 0 aliphatic carbocycles. The second kappa shape index (κ2) is 8.19. The van der Waals surface area contributed by atoms with E-state index in [2.05, 4.69) is 0 Å². The van der Waals surface area contributed by atoms with Crippen LogP contribution in [0, 0.1) is 0 Å². The van der Waals surface area contributed by atoms with Gasteiger partial charge in [0.2, 0.25) is 10.0 Å². The third-order valence-corrected chi connectivity index (χ3v) is 5.81. The number of hydrogen-bond donors (Lipinski definition) is 1. The number of para-hydroxylation sites is 1. The molecule has 158 valence electrons. The van der Waals surface area contributed by atoms with Crippen molar-refractivity contribution in [1.29, 1.82) is 0 Å². The Hall–Kier alpha value is -2.73. The van der Waals surface area contributed by atoms with Gasteiger partial charge in [-0.2, -0.15) is 13.2 Å². The molecule has 0 fully saturated rings. The lowest BCUT2D eigenvalue weighted by Gasteiger charge is -2.28. The highest BCUT2D eigenvalue weighted by Crippen LogP contribution is 2.36. The zero-order chi connectivity index (χ0) is 22.1. The molecule has 3 aromatic carbocycles. The number of rotatable bonds is 5. The SMILES string of the molecule is NS(=O)(=O)c1ccccc1N(c1cccc(-c2cccc(C(F)(F)F)c2)c1)S(=O)[O-]. The Bertz CT molecular complexity index is 1210. The molecule has 11 heteroatoms. The van der Waals surface area contributed by atoms with E-state index in [1.54, 1.807) is 0 Å². The summed E-state index contributed by atoms with van der Waals surface area (Å²) < 4.78 is 87.4. The second-order valence-electron chi connectivity index (χ2n) is 6.15. The molecule has 0 aliphatic rings. The van der Waals surface area contributed by atoms with Gasteiger partial charge < -0.3 is 4.55 Å². The van der Waals surface area contributed by atoms with Gasteiger partial charge in [0.15, 0.2) is 0 Å². The zero-order valence-corrected chi connectivity index (χ0v) is 16.7. The van der Waals surface area contributed by atoms with E-state index < -0.39 is 37.9 Å². The molecule has 30 heavy (non-hydrogen) atoms. The van der Waals surface area contributed by atoms with Crippen LogP contribution >= 0.6 is 0 Å². The molecule has 0 saturated heterocycles. The fraction of sp³-hybridized carbons (Fsp3) is 0.0526. The molecule has 0 bridgehead atoms. The third-order valence-electron chi connectivity index (χ3n) is 4.14. The molecule has 0 saturated carbocycles. The van der Waals surface area contributed by atoms with Crippen molar-refractivity contribution in [2.75, 3.05) is 4.31 Å². The van der Waals surface area contributed by atoms with Crippen molar-refractivity contribution in [1.82, 2.24) is 0 Å². The van der Waals surface area contributed by atoms with Crippen LogP contribution in [0.25, 0.3) is 11.1 Å². The van der Waals surface area contributed by atoms with Crippen LogP contribution in [-0.4, -0.2) is 17.2 Å². The molecular formula is C19H14F3N2O4S2-. The normalized spacial score (nSPS) is 13.1. The minimum atomic E-state index is -4.54. The molecule has 0 heterocycles. The summed E-state index contributed by atoms with van der Waals surface area (Å²) in [5.74, 6) is 0. The number of alkyl halides is 3. The monoisotopic (exact) mass is 455 g/mol. The first-order chi connectivity index (χ1) is 14.0. The van der Waals surface area contributed by atoms with Gasteiger partial charge in [0.05, 0.1) is 28.2 Å². The number of hydrogen-bond acceptors (Lipinski definition) is 4.